The number of rotatable bonds is 4. The first-order valence-electron chi connectivity index (χ1n) is 10.5. The van der Waals surface area contributed by atoms with Crippen LogP contribution in [0.5, 0.6) is 0 Å². The molecule has 0 radical (unpaired) electrons. The number of hydrogen-bond donors (Lipinski definition) is 4. The van der Waals surface area contributed by atoms with E-state index < -0.39 is 11.4 Å². The number of aromatic amines is 1. The quantitative estimate of drug-likeness (QED) is 0.566. The summed E-state index contributed by atoms with van der Waals surface area (Å²) in [6, 6.07) is 0.0316. The number of carbonyl (C=O) groups excluding carboxylic acids is 1. The zero-order valence-electron chi connectivity index (χ0n) is 18.2. The Bertz CT molecular complexity index is 979. The molecule has 4 N–H and O–H groups in total. The Morgan fingerprint density at radius 3 is 2.88 bits per heavy atom. The highest BCUT2D eigenvalue weighted by Crippen LogP contribution is 2.42. The summed E-state index contributed by atoms with van der Waals surface area (Å²) in [6.45, 7) is 9.25. The molecule has 11 heteroatoms. The Morgan fingerprint density at radius 2 is 2.16 bits per heavy atom. The molecule has 10 nitrogen and oxygen atoms in total. The second-order valence-corrected chi connectivity index (χ2v) is 8.71. The van der Waals surface area contributed by atoms with Gasteiger partial charge in [0.2, 0.25) is 0 Å². The van der Waals surface area contributed by atoms with E-state index in [0.717, 1.165) is 17.5 Å². The monoisotopic (exact) mass is 448 g/mol. The van der Waals surface area contributed by atoms with Gasteiger partial charge < -0.3 is 25.5 Å². The van der Waals surface area contributed by atoms with Gasteiger partial charge in [-0.05, 0) is 34.1 Å². The van der Waals surface area contributed by atoms with Crippen molar-refractivity contribution in [1.82, 2.24) is 35.3 Å². The Kier molecular flexibility index (Phi) is 6.70. The second kappa shape index (κ2) is 8.99. The van der Waals surface area contributed by atoms with Crippen LogP contribution in [-0.4, -0.2) is 72.9 Å². The van der Waals surface area contributed by atoms with E-state index in [2.05, 4.69) is 30.8 Å². The molecule has 2 atom stereocenters. The number of fused-ring (bicyclic) bond motifs is 1. The number of aliphatic hydroxyl groups excluding tert-OH is 1. The van der Waals surface area contributed by atoms with E-state index in [0.29, 0.717) is 37.7 Å². The number of halogens is 1. The second-order valence-electron chi connectivity index (χ2n) is 8.71. The molecule has 32 heavy (non-hydrogen) atoms. The van der Waals surface area contributed by atoms with Crippen molar-refractivity contribution >= 4 is 17.7 Å². The van der Waals surface area contributed by atoms with Gasteiger partial charge in [-0.3, -0.25) is 5.10 Å². The molecule has 176 valence electrons. The number of nitrogens with one attached hydrogen (secondary N) is 3. The van der Waals surface area contributed by atoms with E-state index in [-0.39, 0.29) is 38.0 Å². The van der Waals surface area contributed by atoms with Crippen LogP contribution in [0.25, 0.3) is 0 Å². The molecule has 0 aliphatic carbocycles. The van der Waals surface area contributed by atoms with Gasteiger partial charge in [-0.15, -0.1) is 0 Å². The van der Waals surface area contributed by atoms with Crippen molar-refractivity contribution in [2.45, 2.75) is 65.7 Å². The number of hydrogen-bond acceptors (Lipinski definition) is 7. The number of aliphatic hydroxyl groups is 1. The van der Waals surface area contributed by atoms with Gasteiger partial charge in [-0.1, -0.05) is 7.43 Å². The first-order chi connectivity index (χ1) is 14.7. The summed E-state index contributed by atoms with van der Waals surface area (Å²) in [4.78, 5) is 25.2. The van der Waals surface area contributed by atoms with E-state index in [1.807, 2.05) is 25.7 Å². The Hall–Kier alpha value is -2.79. The maximum atomic E-state index is 14.1. The summed E-state index contributed by atoms with van der Waals surface area (Å²) < 4.78 is 14.1. The number of aromatic nitrogens is 4. The highest BCUT2D eigenvalue weighted by atomic mass is 19.1. The van der Waals surface area contributed by atoms with Crippen LogP contribution in [0.3, 0.4) is 0 Å². The highest BCUT2D eigenvalue weighted by Gasteiger charge is 2.46. The van der Waals surface area contributed by atoms with Gasteiger partial charge in [0.15, 0.2) is 17.5 Å². The molecular weight excluding hydrogens is 415 g/mol. The largest absolute Gasteiger partial charge is 0.396 e. The average molecular weight is 449 g/mol. The van der Waals surface area contributed by atoms with Crippen LogP contribution in [-0.2, 0) is 12.1 Å². The normalized spacial score (nSPS) is 21.8. The van der Waals surface area contributed by atoms with Gasteiger partial charge in [0.1, 0.15) is 5.82 Å². The SMILES string of the molecule is C.Cc1ncc(F)c(Nc2n[nH]c3c2CN(C(=O)N2CC(CCO)NC[C@@H]2C)C3(C)C)n1. The van der Waals surface area contributed by atoms with Gasteiger partial charge in [0, 0.05) is 37.3 Å². The molecule has 1 saturated heterocycles. The molecule has 0 bridgehead atoms. The van der Waals surface area contributed by atoms with Gasteiger partial charge in [0.05, 0.1) is 24.0 Å². The number of anilines is 2. The Morgan fingerprint density at radius 1 is 1.41 bits per heavy atom. The molecule has 2 aliphatic heterocycles. The van der Waals surface area contributed by atoms with Gasteiger partial charge in [-0.25, -0.2) is 19.2 Å². The molecule has 2 aliphatic rings. The third kappa shape index (κ3) is 4.14. The fraction of sp³-hybridized carbons (Fsp3) is 0.619. The minimum absolute atomic E-state index is 0. The maximum absolute atomic E-state index is 14.1. The van der Waals surface area contributed by atoms with Crippen LogP contribution >= 0.6 is 0 Å². The smallest absolute Gasteiger partial charge is 0.321 e. The van der Waals surface area contributed by atoms with Crippen LogP contribution in [0.2, 0.25) is 0 Å². The number of amides is 2. The van der Waals surface area contributed by atoms with E-state index in [4.69, 9.17) is 0 Å². The molecule has 1 fully saturated rings. The minimum Gasteiger partial charge on any atom is -0.396 e. The van der Waals surface area contributed by atoms with Gasteiger partial charge >= 0.3 is 6.03 Å². The fourth-order valence-electron chi connectivity index (χ4n) is 4.28. The molecule has 0 aromatic carbocycles. The minimum atomic E-state index is -0.615. The van der Waals surface area contributed by atoms with E-state index >= 15 is 0 Å². The van der Waals surface area contributed by atoms with Crippen LogP contribution in [0, 0.1) is 12.7 Å². The lowest BCUT2D eigenvalue weighted by Crippen LogP contribution is -2.61. The molecule has 4 heterocycles. The molecule has 2 aromatic heterocycles. The molecule has 4 rings (SSSR count). The number of nitrogens with zero attached hydrogens (tertiary/aromatic N) is 5. The highest BCUT2D eigenvalue weighted by molar-refractivity contribution is 5.78. The Labute approximate surface area is 187 Å². The number of urea groups is 1. The predicted molar refractivity (Wildman–Crippen MR) is 119 cm³/mol. The first-order valence-corrected chi connectivity index (χ1v) is 10.5. The summed E-state index contributed by atoms with van der Waals surface area (Å²) in [5, 5.41) is 22.9. The average Bonchev–Trinajstić information content (AvgIpc) is 3.24. The van der Waals surface area contributed by atoms with Gasteiger partial charge in [-0.2, -0.15) is 5.10 Å². The number of carbonyl (C=O) groups is 1. The van der Waals surface area contributed by atoms with E-state index in [1.54, 1.807) is 11.8 Å². The fourth-order valence-corrected chi connectivity index (χ4v) is 4.28. The lowest BCUT2D eigenvalue weighted by molar-refractivity contribution is 0.0759. The zero-order valence-corrected chi connectivity index (χ0v) is 18.2. The first kappa shape index (κ1) is 23.9. The zero-order chi connectivity index (χ0) is 22.3. The van der Waals surface area contributed by atoms with E-state index in [9.17, 15) is 14.3 Å². The van der Waals surface area contributed by atoms with Crippen molar-refractivity contribution in [2.24, 2.45) is 0 Å². The van der Waals surface area contributed by atoms with Gasteiger partial charge in [0.25, 0.3) is 0 Å². The number of H-pyrrole nitrogens is 1. The van der Waals surface area contributed by atoms with Crippen molar-refractivity contribution in [3.05, 3.63) is 29.1 Å². The summed E-state index contributed by atoms with van der Waals surface area (Å²) in [6.07, 6.45) is 1.72. The molecular formula is C21H33FN8O2. The summed E-state index contributed by atoms with van der Waals surface area (Å²) in [7, 11) is 0. The molecule has 2 amide bonds. The van der Waals surface area contributed by atoms with Crippen molar-refractivity contribution < 1.29 is 14.3 Å². The van der Waals surface area contributed by atoms with Crippen LogP contribution < -0.4 is 10.6 Å². The lowest BCUT2D eigenvalue weighted by atomic mass is 10.0. The van der Waals surface area contributed by atoms with Crippen LogP contribution in [0.4, 0.5) is 20.8 Å². The van der Waals surface area contributed by atoms with E-state index in [1.165, 1.54) is 0 Å². The predicted octanol–water partition coefficient (Wildman–Crippen LogP) is 2.24. The van der Waals surface area contributed by atoms with Crippen LogP contribution in [0.1, 0.15) is 51.7 Å². The summed E-state index contributed by atoms with van der Waals surface area (Å²) >= 11 is 0. The maximum Gasteiger partial charge on any atom is 0.321 e. The third-order valence-corrected chi connectivity index (χ3v) is 6.18. The van der Waals surface area contributed by atoms with Crippen LogP contribution in [0.15, 0.2) is 6.20 Å². The van der Waals surface area contributed by atoms with Crippen molar-refractivity contribution in [3.63, 3.8) is 0 Å². The Balaban J connectivity index is 0.00000289. The van der Waals surface area contributed by atoms with Crippen molar-refractivity contribution in [3.8, 4) is 0 Å². The lowest BCUT2D eigenvalue weighted by Gasteiger charge is -2.43. The molecule has 0 spiro atoms. The summed E-state index contributed by atoms with van der Waals surface area (Å²) in [5.74, 6) is 0.365. The molecule has 2 aromatic rings. The van der Waals surface area contributed by atoms with Crippen molar-refractivity contribution in [1.29, 1.82) is 0 Å². The molecule has 0 saturated carbocycles. The van der Waals surface area contributed by atoms with Crippen molar-refractivity contribution in [2.75, 3.05) is 25.0 Å². The third-order valence-electron chi connectivity index (χ3n) is 6.18. The molecule has 1 unspecified atom stereocenters. The number of aryl methyl sites for hydroxylation is 1. The standard InChI is InChI=1S/C20H29FN8O2.CH4/c1-11-7-23-13(5-6-30)9-28(11)19(31)29-10-14-16(20(29,3)4)26-27-17(14)25-18-15(21)8-22-12(2)24-18;/h8,11,13,23,30H,5-7,9-10H2,1-4H3,(H2,22,24,25,26,27);1H4/t11-,13?;/m0./s1. The number of piperazine rings is 1. The topological polar surface area (TPSA) is 122 Å². The summed E-state index contributed by atoms with van der Waals surface area (Å²) in [5.41, 5.74) is 1.00.